The number of nitrogens with zero attached hydrogens (tertiary/aromatic N) is 2. The molecule has 2 aromatic rings. The van der Waals surface area contributed by atoms with Crippen LogP contribution in [0.1, 0.15) is 15.9 Å². The number of carboxylic acids is 1. The van der Waals surface area contributed by atoms with Crippen LogP contribution in [0.25, 0.3) is 5.70 Å². The van der Waals surface area contributed by atoms with Crippen molar-refractivity contribution in [2.24, 2.45) is 5.73 Å². The topological polar surface area (TPSA) is 81.8 Å². The Morgan fingerprint density at radius 2 is 1.88 bits per heavy atom. The lowest BCUT2D eigenvalue weighted by Gasteiger charge is -2.31. The van der Waals surface area contributed by atoms with Crippen molar-refractivity contribution in [2.75, 3.05) is 23.3 Å². The molecule has 0 aromatic heterocycles. The molecule has 2 aliphatic heterocycles. The van der Waals surface area contributed by atoms with E-state index in [1.807, 2.05) is 36.5 Å². The first-order chi connectivity index (χ1) is 12.2. The Hall–Kier alpha value is -3.25. The summed E-state index contributed by atoms with van der Waals surface area (Å²) >= 11 is 0. The molecule has 2 aliphatic rings. The lowest BCUT2D eigenvalue weighted by Crippen LogP contribution is -2.31. The summed E-state index contributed by atoms with van der Waals surface area (Å²) in [5.74, 6) is 0.0745. The highest BCUT2D eigenvalue weighted by atomic mass is 16.4. The number of nitrogens with two attached hydrogens (primary N) is 1. The normalized spacial score (nSPS) is 15.1. The monoisotopic (exact) mass is 334 g/mol. The van der Waals surface area contributed by atoms with Crippen molar-refractivity contribution in [1.29, 1.82) is 0 Å². The van der Waals surface area contributed by atoms with Gasteiger partial charge in [0.1, 0.15) is 5.82 Å². The van der Waals surface area contributed by atoms with Crippen LogP contribution in [0.2, 0.25) is 0 Å². The Kier molecular flexibility index (Phi) is 3.66. The molecule has 0 radical (unpaired) electrons. The Bertz CT molecular complexity index is 887. The Morgan fingerprint density at radius 1 is 1.12 bits per heavy atom. The zero-order chi connectivity index (χ0) is 17.4. The zero-order valence-corrected chi connectivity index (χ0v) is 13.5. The van der Waals surface area contributed by atoms with E-state index in [4.69, 9.17) is 10.8 Å². The molecule has 2 aromatic carbocycles. The van der Waals surface area contributed by atoms with Gasteiger partial charge in [0.25, 0.3) is 0 Å². The van der Waals surface area contributed by atoms with E-state index < -0.39 is 5.97 Å². The number of hydrogen-bond acceptors (Lipinski definition) is 5. The number of hydrogen-bond donors (Lipinski definition) is 3. The van der Waals surface area contributed by atoms with E-state index in [0.29, 0.717) is 13.1 Å². The molecule has 0 saturated carbocycles. The first kappa shape index (κ1) is 15.3. The minimum Gasteiger partial charge on any atom is -0.478 e. The van der Waals surface area contributed by atoms with Crippen LogP contribution < -0.4 is 16.0 Å². The van der Waals surface area contributed by atoms with E-state index in [-0.39, 0.29) is 5.56 Å². The number of benzene rings is 2. The van der Waals surface area contributed by atoms with Crippen molar-refractivity contribution in [1.82, 2.24) is 4.90 Å². The summed E-state index contributed by atoms with van der Waals surface area (Å²) in [5.41, 5.74) is 10.1. The average Bonchev–Trinajstić information content (AvgIpc) is 3.01. The molecular weight excluding hydrogens is 316 g/mol. The predicted octanol–water partition coefficient (Wildman–Crippen LogP) is 2.69. The van der Waals surface area contributed by atoms with Gasteiger partial charge >= 0.3 is 5.97 Å². The van der Waals surface area contributed by atoms with Gasteiger partial charge in [0.05, 0.1) is 22.6 Å². The van der Waals surface area contributed by atoms with Crippen molar-refractivity contribution in [3.05, 3.63) is 77.9 Å². The van der Waals surface area contributed by atoms with Crippen LogP contribution in [-0.2, 0) is 0 Å². The molecule has 4 N–H and O–H groups in total. The molecule has 0 unspecified atom stereocenters. The summed E-state index contributed by atoms with van der Waals surface area (Å²) in [5, 5.41) is 12.4. The van der Waals surface area contributed by atoms with E-state index in [1.165, 1.54) is 0 Å². The summed E-state index contributed by atoms with van der Waals surface area (Å²) in [6.07, 6.45) is 4.03. The van der Waals surface area contributed by atoms with Gasteiger partial charge in [-0.1, -0.05) is 24.3 Å². The second-order valence-corrected chi connectivity index (χ2v) is 5.87. The molecule has 0 bridgehead atoms. The fraction of sp³-hybridized carbons (Fsp3) is 0.105. The van der Waals surface area contributed by atoms with Crippen LogP contribution in [0.4, 0.5) is 11.4 Å². The summed E-state index contributed by atoms with van der Waals surface area (Å²) in [6, 6.07) is 15.0. The highest BCUT2D eigenvalue weighted by molar-refractivity contribution is 5.89. The standard InChI is InChI=1S/C19H18N4O2/c20-9-10-22-17(13-5-7-14(8-6-13)19(24)25)12-23-16-4-2-1-3-15(16)21-11-18(22)23/h1-8,11-12,21H,9-10,20H2,(H,24,25). The number of carbonyl (C=O) groups is 1. The Balaban J connectivity index is 1.77. The molecule has 0 spiro atoms. The third-order valence-corrected chi connectivity index (χ3v) is 4.37. The largest absolute Gasteiger partial charge is 0.478 e. The molecule has 0 fully saturated rings. The van der Waals surface area contributed by atoms with Crippen LogP contribution in [-0.4, -0.2) is 29.1 Å². The first-order valence-corrected chi connectivity index (χ1v) is 8.07. The van der Waals surface area contributed by atoms with Crippen LogP contribution in [0.3, 0.4) is 0 Å². The van der Waals surface area contributed by atoms with Gasteiger partial charge in [-0.15, -0.1) is 0 Å². The SMILES string of the molecule is NCCN1C(c2ccc(C(=O)O)cc2)=CN2C1=CNc1ccccc12. The molecule has 0 atom stereocenters. The summed E-state index contributed by atoms with van der Waals surface area (Å²) in [7, 11) is 0. The summed E-state index contributed by atoms with van der Waals surface area (Å²) in [4.78, 5) is 15.3. The molecule has 0 aliphatic carbocycles. The number of fused-ring (bicyclic) bond motifs is 3. The van der Waals surface area contributed by atoms with Crippen molar-refractivity contribution < 1.29 is 9.90 Å². The highest BCUT2D eigenvalue weighted by Gasteiger charge is 2.31. The van der Waals surface area contributed by atoms with E-state index in [2.05, 4.69) is 27.4 Å². The molecular formula is C19H18N4O2. The summed E-state index contributed by atoms with van der Waals surface area (Å²) in [6.45, 7) is 1.18. The van der Waals surface area contributed by atoms with Gasteiger partial charge in [-0.25, -0.2) is 4.79 Å². The number of rotatable bonds is 4. The van der Waals surface area contributed by atoms with E-state index >= 15 is 0 Å². The maximum absolute atomic E-state index is 11.1. The molecule has 0 amide bonds. The number of anilines is 2. The minimum absolute atomic E-state index is 0.275. The molecule has 6 nitrogen and oxygen atoms in total. The van der Waals surface area contributed by atoms with Gasteiger partial charge in [0, 0.05) is 25.5 Å². The minimum atomic E-state index is -0.927. The maximum atomic E-state index is 11.1. The van der Waals surface area contributed by atoms with Crippen molar-refractivity contribution in [2.45, 2.75) is 0 Å². The first-order valence-electron chi connectivity index (χ1n) is 8.07. The van der Waals surface area contributed by atoms with Crippen LogP contribution in [0.5, 0.6) is 0 Å². The summed E-state index contributed by atoms with van der Waals surface area (Å²) < 4.78 is 0. The van der Waals surface area contributed by atoms with Gasteiger partial charge in [-0.05, 0) is 29.8 Å². The smallest absolute Gasteiger partial charge is 0.335 e. The van der Waals surface area contributed by atoms with Crippen LogP contribution in [0, 0.1) is 0 Å². The van der Waals surface area contributed by atoms with E-state index in [1.54, 1.807) is 12.1 Å². The van der Waals surface area contributed by atoms with Crippen molar-refractivity contribution >= 4 is 23.0 Å². The van der Waals surface area contributed by atoms with Crippen LogP contribution in [0.15, 0.2) is 66.8 Å². The van der Waals surface area contributed by atoms with Crippen molar-refractivity contribution in [3.8, 4) is 0 Å². The average molecular weight is 334 g/mol. The molecule has 25 heavy (non-hydrogen) atoms. The number of para-hydroxylation sites is 2. The number of nitrogens with one attached hydrogen (secondary N) is 1. The van der Waals surface area contributed by atoms with Gasteiger partial charge in [0.2, 0.25) is 0 Å². The maximum Gasteiger partial charge on any atom is 0.335 e. The lowest BCUT2D eigenvalue weighted by molar-refractivity contribution is 0.0697. The predicted molar refractivity (Wildman–Crippen MR) is 97.8 cm³/mol. The molecule has 2 heterocycles. The van der Waals surface area contributed by atoms with E-state index in [9.17, 15) is 4.79 Å². The number of carboxylic acid groups (broad SMARTS) is 1. The Labute approximate surface area is 145 Å². The van der Waals surface area contributed by atoms with Gasteiger partial charge < -0.3 is 21.1 Å². The second kappa shape index (κ2) is 5.99. The molecule has 126 valence electrons. The Morgan fingerprint density at radius 3 is 2.60 bits per heavy atom. The highest BCUT2D eigenvalue weighted by Crippen LogP contribution is 2.41. The number of aromatic carboxylic acids is 1. The molecule has 0 saturated heterocycles. The molecule has 6 heteroatoms. The fourth-order valence-corrected chi connectivity index (χ4v) is 3.18. The van der Waals surface area contributed by atoms with Crippen molar-refractivity contribution in [3.63, 3.8) is 0 Å². The van der Waals surface area contributed by atoms with Crippen LogP contribution >= 0.6 is 0 Å². The quantitative estimate of drug-likeness (QED) is 0.797. The molecule has 4 rings (SSSR count). The van der Waals surface area contributed by atoms with Gasteiger partial charge in [0.15, 0.2) is 0 Å². The lowest BCUT2D eigenvalue weighted by atomic mass is 10.1. The van der Waals surface area contributed by atoms with Gasteiger partial charge in [-0.3, -0.25) is 4.90 Å². The van der Waals surface area contributed by atoms with Gasteiger partial charge in [-0.2, -0.15) is 0 Å². The fourth-order valence-electron chi connectivity index (χ4n) is 3.18. The zero-order valence-electron chi connectivity index (χ0n) is 13.5. The second-order valence-electron chi connectivity index (χ2n) is 5.87. The van der Waals surface area contributed by atoms with E-state index in [0.717, 1.165) is 28.5 Å². The third kappa shape index (κ3) is 2.53. The third-order valence-electron chi connectivity index (χ3n) is 4.37.